The topological polar surface area (TPSA) is 113 Å². The molecule has 0 aromatic heterocycles. The largest absolute Gasteiger partial charge is 0.481 e. The molecule has 0 heterocycles. The van der Waals surface area contributed by atoms with Gasteiger partial charge in [-0.05, 0) is 18.2 Å². The molecule has 0 saturated heterocycles. The van der Waals surface area contributed by atoms with Crippen LogP contribution in [0.4, 0.5) is 8.78 Å². The van der Waals surface area contributed by atoms with Gasteiger partial charge in [-0.2, -0.15) is 8.78 Å². The van der Waals surface area contributed by atoms with Gasteiger partial charge in [0.15, 0.2) is 0 Å². The van der Waals surface area contributed by atoms with E-state index in [0.29, 0.717) is 0 Å². The van der Waals surface area contributed by atoms with Crippen LogP contribution in [0.2, 0.25) is 0 Å². The number of rotatable bonds is 7. The van der Waals surface area contributed by atoms with Crippen molar-refractivity contribution in [2.24, 2.45) is 0 Å². The summed E-state index contributed by atoms with van der Waals surface area (Å²) < 4.78 is 28.2. The van der Waals surface area contributed by atoms with Gasteiger partial charge in [-0.1, -0.05) is 6.07 Å². The van der Waals surface area contributed by atoms with Gasteiger partial charge in [-0.3, -0.25) is 9.59 Å². The number of carbonyl (C=O) groups is 3. The molecule has 1 atom stereocenters. The molecular formula is C12H11F2NO6. The fourth-order valence-corrected chi connectivity index (χ4v) is 1.43. The molecule has 0 bridgehead atoms. The van der Waals surface area contributed by atoms with Gasteiger partial charge in [0, 0.05) is 5.56 Å². The van der Waals surface area contributed by atoms with Gasteiger partial charge >= 0.3 is 18.6 Å². The normalized spacial score (nSPS) is 11.8. The predicted molar refractivity (Wildman–Crippen MR) is 64.2 cm³/mol. The van der Waals surface area contributed by atoms with E-state index in [-0.39, 0.29) is 11.3 Å². The Morgan fingerprint density at radius 1 is 1.24 bits per heavy atom. The lowest BCUT2D eigenvalue weighted by atomic mass is 10.1. The minimum Gasteiger partial charge on any atom is -0.481 e. The molecule has 1 aromatic carbocycles. The van der Waals surface area contributed by atoms with Gasteiger partial charge in [0.1, 0.15) is 11.8 Å². The van der Waals surface area contributed by atoms with E-state index in [9.17, 15) is 23.2 Å². The third-order valence-electron chi connectivity index (χ3n) is 2.30. The number of halogens is 2. The Hall–Kier alpha value is -2.71. The van der Waals surface area contributed by atoms with Crippen molar-refractivity contribution in [3.63, 3.8) is 0 Å². The molecule has 0 fully saturated rings. The van der Waals surface area contributed by atoms with Crippen molar-refractivity contribution in [2.75, 3.05) is 0 Å². The molecule has 0 unspecified atom stereocenters. The molecule has 0 saturated carbocycles. The number of hydrogen-bond donors (Lipinski definition) is 3. The van der Waals surface area contributed by atoms with Crippen LogP contribution in [-0.4, -0.2) is 40.7 Å². The Bertz CT molecular complexity index is 548. The molecule has 1 aromatic rings. The first-order chi connectivity index (χ1) is 9.79. The highest BCUT2D eigenvalue weighted by Crippen LogP contribution is 2.16. The Labute approximate surface area is 117 Å². The summed E-state index contributed by atoms with van der Waals surface area (Å²) in [6.07, 6.45) is -0.811. The minimum absolute atomic E-state index is 0.134. The lowest BCUT2D eigenvalue weighted by molar-refractivity contribution is -0.145. The van der Waals surface area contributed by atoms with Crippen molar-refractivity contribution < 1.29 is 38.1 Å². The predicted octanol–water partition coefficient (Wildman–Crippen LogP) is 0.946. The van der Waals surface area contributed by atoms with Crippen LogP contribution in [0, 0.1) is 0 Å². The fraction of sp³-hybridized carbons (Fsp3) is 0.250. The molecule has 0 aliphatic rings. The maximum Gasteiger partial charge on any atom is 0.387 e. The van der Waals surface area contributed by atoms with Crippen LogP contribution in [-0.2, 0) is 9.59 Å². The highest BCUT2D eigenvalue weighted by molar-refractivity contribution is 5.97. The minimum atomic E-state index is -3.07. The number of ether oxygens (including phenoxy) is 1. The number of carbonyl (C=O) groups excluding carboxylic acids is 1. The number of nitrogens with one attached hydrogen (secondary N) is 1. The summed E-state index contributed by atoms with van der Waals surface area (Å²) in [6, 6.07) is 3.05. The first-order valence-corrected chi connectivity index (χ1v) is 5.60. The summed E-state index contributed by atoms with van der Waals surface area (Å²) >= 11 is 0. The van der Waals surface area contributed by atoms with E-state index in [1.165, 1.54) is 18.2 Å². The molecule has 0 aliphatic heterocycles. The molecule has 1 amide bonds. The smallest absolute Gasteiger partial charge is 0.387 e. The van der Waals surface area contributed by atoms with Crippen LogP contribution < -0.4 is 10.1 Å². The third kappa shape index (κ3) is 5.43. The molecule has 9 heteroatoms. The number of hydrogen-bond acceptors (Lipinski definition) is 4. The molecule has 114 valence electrons. The van der Waals surface area contributed by atoms with Crippen LogP contribution in [0.5, 0.6) is 5.75 Å². The number of benzene rings is 1. The summed E-state index contributed by atoms with van der Waals surface area (Å²) in [5, 5.41) is 19.3. The molecule has 0 spiro atoms. The summed E-state index contributed by atoms with van der Waals surface area (Å²) in [7, 11) is 0. The highest BCUT2D eigenvalue weighted by atomic mass is 19.3. The first kappa shape index (κ1) is 16.3. The molecule has 3 N–H and O–H groups in total. The second kappa shape index (κ2) is 7.17. The molecular weight excluding hydrogens is 292 g/mol. The zero-order valence-electron chi connectivity index (χ0n) is 10.5. The second-order valence-corrected chi connectivity index (χ2v) is 3.87. The van der Waals surface area contributed by atoms with Crippen molar-refractivity contribution >= 4 is 17.8 Å². The summed E-state index contributed by atoms with van der Waals surface area (Å²) in [6.45, 7) is -3.07. The first-order valence-electron chi connectivity index (χ1n) is 5.60. The maximum absolute atomic E-state index is 12.0. The Morgan fingerprint density at radius 2 is 1.90 bits per heavy atom. The second-order valence-electron chi connectivity index (χ2n) is 3.87. The van der Waals surface area contributed by atoms with Gasteiger partial charge in [0.05, 0.1) is 6.42 Å². The number of amides is 1. The van der Waals surface area contributed by atoms with E-state index in [1.54, 1.807) is 0 Å². The third-order valence-corrected chi connectivity index (χ3v) is 2.30. The van der Waals surface area contributed by atoms with Gasteiger partial charge in [0.2, 0.25) is 0 Å². The Balaban J connectivity index is 2.82. The molecule has 21 heavy (non-hydrogen) atoms. The molecule has 7 nitrogen and oxygen atoms in total. The van der Waals surface area contributed by atoms with Gasteiger partial charge < -0.3 is 20.3 Å². The lowest BCUT2D eigenvalue weighted by Gasteiger charge is -2.13. The van der Waals surface area contributed by atoms with Crippen molar-refractivity contribution in [2.45, 2.75) is 19.1 Å². The standard InChI is InChI=1S/C12H11F2NO6/c13-12(14)21-7-3-1-2-6(4-7)10(18)15-8(11(19)20)5-9(16)17/h1-4,8,12H,5H2,(H,15,18)(H,16,17)(H,19,20)/t8-/m1/s1. The average Bonchev–Trinajstić information content (AvgIpc) is 2.36. The van der Waals surface area contributed by atoms with Gasteiger partial charge in [-0.25, -0.2) is 4.79 Å². The Morgan fingerprint density at radius 3 is 2.43 bits per heavy atom. The SMILES string of the molecule is O=C(O)C[C@@H](NC(=O)c1cccc(OC(F)F)c1)C(=O)O. The molecule has 0 aliphatic carbocycles. The fourth-order valence-electron chi connectivity index (χ4n) is 1.43. The van der Waals surface area contributed by atoms with Crippen LogP contribution in [0.25, 0.3) is 0 Å². The van der Waals surface area contributed by atoms with E-state index >= 15 is 0 Å². The van der Waals surface area contributed by atoms with Crippen LogP contribution >= 0.6 is 0 Å². The maximum atomic E-state index is 12.0. The lowest BCUT2D eigenvalue weighted by Crippen LogP contribution is -2.42. The number of carboxylic acid groups (broad SMARTS) is 2. The molecule has 1 rings (SSSR count). The van der Waals surface area contributed by atoms with E-state index < -0.39 is 36.9 Å². The summed E-state index contributed by atoms with van der Waals surface area (Å²) in [5.41, 5.74) is -0.134. The van der Waals surface area contributed by atoms with Crippen LogP contribution in [0.1, 0.15) is 16.8 Å². The van der Waals surface area contributed by atoms with Crippen molar-refractivity contribution in [1.29, 1.82) is 0 Å². The summed E-state index contributed by atoms with van der Waals surface area (Å²) in [4.78, 5) is 33.1. The van der Waals surface area contributed by atoms with Gasteiger partial charge in [-0.15, -0.1) is 0 Å². The average molecular weight is 303 g/mol. The zero-order valence-corrected chi connectivity index (χ0v) is 10.5. The zero-order chi connectivity index (χ0) is 16.0. The van der Waals surface area contributed by atoms with Crippen LogP contribution in [0.15, 0.2) is 24.3 Å². The summed E-state index contributed by atoms with van der Waals surface area (Å²) in [5.74, 6) is -4.12. The highest BCUT2D eigenvalue weighted by Gasteiger charge is 2.23. The van der Waals surface area contributed by atoms with Gasteiger partial charge in [0.25, 0.3) is 5.91 Å². The van der Waals surface area contributed by atoms with E-state index in [2.05, 4.69) is 4.74 Å². The van der Waals surface area contributed by atoms with Crippen molar-refractivity contribution in [1.82, 2.24) is 5.32 Å². The number of aliphatic carboxylic acids is 2. The van der Waals surface area contributed by atoms with Crippen molar-refractivity contribution in [3.05, 3.63) is 29.8 Å². The Kier molecular flexibility index (Phi) is 5.58. The molecule has 0 radical (unpaired) electrons. The van der Waals surface area contributed by atoms with Crippen molar-refractivity contribution in [3.8, 4) is 5.75 Å². The van der Waals surface area contributed by atoms with E-state index in [1.807, 2.05) is 5.32 Å². The number of carboxylic acids is 2. The van der Waals surface area contributed by atoms with E-state index in [4.69, 9.17) is 10.2 Å². The number of alkyl halides is 2. The monoisotopic (exact) mass is 303 g/mol. The van der Waals surface area contributed by atoms with E-state index in [0.717, 1.165) is 6.07 Å². The van der Waals surface area contributed by atoms with Crippen LogP contribution in [0.3, 0.4) is 0 Å². The quantitative estimate of drug-likeness (QED) is 0.691.